The van der Waals surface area contributed by atoms with Crippen molar-refractivity contribution in [2.24, 2.45) is 0 Å². The van der Waals surface area contributed by atoms with Gasteiger partial charge in [-0.3, -0.25) is 4.98 Å². The highest BCUT2D eigenvalue weighted by molar-refractivity contribution is 5.87. The van der Waals surface area contributed by atoms with Crippen LogP contribution < -0.4 is 9.47 Å². The highest BCUT2D eigenvalue weighted by Gasteiger charge is 2.07. The molecular formula is C15H12N2O4. The van der Waals surface area contributed by atoms with Gasteiger partial charge in [0.2, 0.25) is 0 Å². The van der Waals surface area contributed by atoms with Crippen molar-refractivity contribution in [1.29, 1.82) is 5.26 Å². The minimum atomic E-state index is -1.06. The molecule has 0 unspecified atom stereocenters. The molecular weight excluding hydrogens is 272 g/mol. The third-order valence-corrected chi connectivity index (χ3v) is 2.75. The topological polar surface area (TPSA) is 92.4 Å². The van der Waals surface area contributed by atoms with Crippen LogP contribution in [0.2, 0.25) is 0 Å². The highest BCUT2D eigenvalue weighted by atomic mass is 16.5. The molecule has 2 aromatic rings. The number of hydrogen-bond donors (Lipinski definition) is 1. The second kappa shape index (κ2) is 6.39. The SMILES string of the molecule is COc1cc(COc2cncc(C(=O)O)c2)ccc1C#N. The smallest absolute Gasteiger partial charge is 0.337 e. The molecule has 1 N–H and O–H groups in total. The van der Waals surface area contributed by atoms with Crippen molar-refractivity contribution < 1.29 is 19.4 Å². The van der Waals surface area contributed by atoms with Crippen molar-refractivity contribution in [2.75, 3.05) is 7.11 Å². The number of nitrogens with zero attached hydrogens (tertiary/aromatic N) is 2. The Morgan fingerprint density at radius 1 is 1.38 bits per heavy atom. The zero-order valence-electron chi connectivity index (χ0n) is 11.2. The third kappa shape index (κ3) is 3.48. The molecule has 21 heavy (non-hydrogen) atoms. The van der Waals surface area contributed by atoms with Gasteiger partial charge in [-0.1, -0.05) is 6.07 Å². The van der Waals surface area contributed by atoms with Gasteiger partial charge in [0.1, 0.15) is 24.2 Å². The molecule has 0 radical (unpaired) electrons. The molecule has 2 rings (SSSR count). The number of aromatic carboxylic acids is 1. The van der Waals surface area contributed by atoms with Gasteiger partial charge in [0.25, 0.3) is 0 Å². The summed E-state index contributed by atoms with van der Waals surface area (Å²) < 4.78 is 10.6. The Kier molecular flexibility index (Phi) is 4.36. The van der Waals surface area contributed by atoms with Crippen LogP contribution in [0.1, 0.15) is 21.5 Å². The molecule has 0 spiro atoms. The second-order valence-corrected chi connectivity index (χ2v) is 4.15. The fourth-order valence-corrected chi connectivity index (χ4v) is 1.70. The lowest BCUT2D eigenvalue weighted by molar-refractivity contribution is 0.0696. The normalized spacial score (nSPS) is 9.71. The van der Waals surface area contributed by atoms with Crippen molar-refractivity contribution in [2.45, 2.75) is 6.61 Å². The van der Waals surface area contributed by atoms with Gasteiger partial charge in [0.15, 0.2) is 0 Å². The molecule has 0 saturated carbocycles. The van der Waals surface area contributed by atoms with Crippen LogP contribution in [-0.4, -0.2) is 23.2 Å². The maximum atomic E-state index is 10.8. The number of hydrogen-bond acceptors (Lipinski definition) is 5. The number of carbonyl (C=O) groups is 1. The van der Waals surface area contributed by atoms with Crippen LogP contribution in [0.15, 0.2) is 36.7 Å². The standard InChI is InChI=1S/C15H12N2O4/c1-20-14-4-10(2-3-11(14)6-16)9-21-13-5-12(15(18)19)7-17-8-13/h2-5,7-8H,9H2,1H3,(H,18,19). The van der Waals surface area contributed by atoms with Gasteiger partial charge < -0.3 is 14.6 Å². The van der Waals surface area contributed by atoms with Crippen molar-refractivity contribution in [3.8, 4) is 17.6 Å². The second-order valence-electron chi connectivity index (χ2n) is 4.15. The Balaban J connectivity index is 2.11. The lowest BCUT2D eigenvalue weighted by Gasteiger charge is -2.08. The van der Waals surface area contributed by atoms with Gasteiger partial charge in [0, 0.05) is 6.20 Å². The van der Waals surface area contributed by atoms with Crippen LogP contribution in [0.3, 0.4) is 0 Å². The van der Waals surface area contributed by atoms with Crippen LogP contribution in [0, 0.1) is 11.3 Å². The van der Waals surface area contributed by atoms with E-state index in [0.717, 1.165) is 5.56 Å². The number of methoxy groups -OCH3 is 1. The molecule has 0 aliphatic heterocycles. The number of carboxylic acids is 1. The number of ether oxygens (including phenoxy) is 2. The lowest BCUT2D eigenvalue weighted by atomic mass is 10.1. The van der Waals surface area contributed by atoms with E-state index in [9.17, 15) is 4.79 Å². The van der Waals surface area contributed by atoms with E-state index in [4.69, 9.17) is 19.8 Å². The Morgan fingerprint density at radius 3 is 2.86 bits per heavy atom. The average molecular weight is 284 g/mol. The van der Waals surface area contributed by atoms with E-state index >= 15 is 0 Å². The van der Waals surface area contributed by atoms with E-state index in [2.05, 4.69) is 4.98 Å². The zero-order valence-corrected chi connectivity index (χ0v) is 11.2. The molecule has 6 nitrogen and oxygen atoms in total. The van der Waals surface area contributed by atoms with E-state index in [-0.39, 0.29) is 12.2 Å². The number of rotatable bonds is 5. The van der Waals surface area contributed by atoms with E-state index in [1.54, 1.807) is 18.2 Å². The van der Waals surface area contributed by atoms with Gasteiger partial charge in [-0.05, 0) is 23.8 Å². The molecule has 106 valence electrons. The van der Waals surface area contributed by atoms with Crippen molar-refractivity contribution in [3.63, 3.8) is 0 Å². The summed E-state index contributed by atoms with van der Waals surface area (Å²) in [6.45, 7) is 0.215. The first-order valence-electron chi connectivity index (χ1n) is 6.02. The number of aromatic nitrogens is 1. The monoisotopic (exact) mass is 284 g/mol. The summed E-state index contributed by atoms with van der Waals surface area (Å²) in [4.78, 5) is 14.6. The molecule has 0 aliphatic rings. The Hall–Kier alpha value is -3.07. The molecule has 0 atom stereocenters. The first-order valence-corrected chi connectivity index (χ1v) is 6.02. The molecule has 1 heterocycles. The van der Waals surface area contributed by atoms with Crippen molar-refractivity contribution in [3.05, 3.63) is 53.3 Å². The molecule has 0 saturated heterocycles. The minimum absolute atomic E-state index is 0.0601. The minimum Gasteiger partial charge on any atom is -0.495 e. The average Bonchev–Trinajstić information content (AvgIpc) is 2.52. The molecule has 0 amide bonds. The van der Waals surface area contributed by atoms with Crippen LogP contribution in [0.4, 0.5) is 0 Å². The fraction of sp³-hybridized carbons (Fsp3) is 0.133. The summed E-state index contributed by atoms with van der Waals surface area (Å²) in [5.41, 5.74) is 1.30. The number of carboxylic acid groups (broad SMARTS) is 1. The van der Waals surface area contributed by atoms with Gasteiger partial charge in [-0.25, -0.2) is 4.79 Å². The highest BCUT2D eigenvalue weighted by Crippen LogP contribution is 2.20. The van der Waals surface area contributed by atoms with Crippen molar-refractivity contribution >= 4 is 5.97 Å². The molecule has 1 aromatic heterocycles. The van der Waals surface area contributed by atoms with Gasteiger partial charge in [-0.15, -0.1) is 0 Å². The largest absolute Gasteiger partial charge is 0.495 e. The maximum Gasteiger partial charge on any atom is 0.337 e. The van der Waals surface area contributed by atoms with Crippen molar-refractivity contribution in [1.82, 2.24) is 4.98 Å². The van der Waals surface area contributed by atoms with Gasteiger partial charge >= 0.3 is 5.97 Å². The molecule has 0 fully saturated rings. The summed E-state index contributed by atoms with van der Waals surface area (Å²) in [7, 11) is 1.49. The van der Waals surface area contributed by atoms with Crippen LogP contribution in [-0.2, 0) is 6.61 Å². The number of nitriles is 1. The van der Waals surface area contributed by atoms with Crippen LogP contribution in [0.25, 0.3) is 0 Å². The predicted octanol–water partition coefficient (Wildman–Crippen LogP) is 2.24. The first kappa shape index (κ1) is 14.3. The summed E-state index contributed by atoms with van der Waals surface area (Å²) in [6.07, 6.45) is 2.69. The first-order chi connectivity index (χ1) is 10.1. The van der Waals surface area contributed by atoms with Gasteiger partial charge in [0.05, 0.1) is 24.4 Å². The van der Waals surface area contributed by atoms with E-state index < -0.39 is 5.97 Å². The fourth-order valence-electron chi connectivity index (χ4n) is 1.70. The maximum absolute atomic E-state index is 10.8. The molecule has 0 bridgehead atoms. The Bertz CT molecular complexity index is 707. The number of benzene rings is 1. The molecule has 1 aromatic carbocycles. The number of pyridine rings is 1. The Morgan fingerprint density at radius 2 is 2.19 bits per heavy atom. The molecule has 6 heteroatoms. The molecule has 0 aliphatic carbocycles. The zero-order chi connectivity index (χ0) is 15.2. The summed E-state index contributed by atoms with van der Waals surface area (Å²) in [5, 5.41) is 17.8. The van der Waals surface area contributed by atoms with Crippen LogP contribution >= 0.6 is 0 Å². The lowest BCUT2D eigenvalue weighted by Crippen LogP contribution is -2.01. The van der Waals surface area contributed by atoms with E-state index in [1.807, 2.05) is 6.07 Å². The van der Waals surface area contributed by atoms with E-state index in [1.165, 1.54) is 25.6 Å². The van der Waals surface area contributed by atoms with Gasteiger partial charge in [-0.2, -0.15) is 5.26 Å². The summed E-state index contributed by atoms with van der Waals surface area (Å²) in [5.74, 6) is -0.234. The van der Waals surface area contributed by atoms with E-state index in [0.29, 0.717) is 17.1 Å². The quantitative estimate of drug-likeness (QED) is 0.905. The predicted molar refractivity (Wildman–Crippen MR) is 73.2 cm³/mol. The summed E-state index contributed by atoms with van der Waals surface area (Å²) >= 11 is 0. The summed E-state index contributed by atoms with van der Waals surface area (Å²) in [6, 6.07) is 8.51. The van der Waals surface area contributed by atoms with Crippen LogP contribution in [0.5, 0.6) is 11.5 Å². The third-order valence-electron chi connectivity index (χ3n) is 2.75. The Labute approximate surface area is 121 Å².